The maximum atomic E-state index is 2.65. The molecule has 0 aromatic heterocycles. The molecule has 1 heterocycles. The number of fused-ring (bicyclic) bond motifs is 7. The predicted molar refractivity (Wildman–Crippen MR) is 179 cm³/mol. The van der Waals surface area contributed by atoms with Crippen molar-refractivity contribution in [3.05, 3.63) is 175 Å². The van der Waals surface area contributed by atoms with Crippen molar-refractivity contribution < 1.29 is 0 Å². The van der Waals surface area contributed by atoms with Crippen LogP contribution in [0.4, 0.5) is 0 Å². The van der Waals surface area contributed by atoms with Crippen LogP contribution >= 0.6 is 7.92 Å². The molecule has 0 atom stereocenters. The minimum Gasteiger partial charge on any atom is -0.294 e. The summed E-state index contributed by atoms with van der Waals surface area (Å²) in [7, 11) is -0.642. The lowest BCUT2D eigenvalue weighted by Gasteiger charge is -2.32. The third-order valence-electron chi connectivity index (χ3n) is 8.61. The number of hydrogen-bond acceptors (Lipinski definition) is 1. The van der Waals surface area contributed by atoms with Crippen molar-refractivity contribution in [1.82, 2.24) is 4.90 Å². The molecule has 0 spiro atoms. The number of benzene rings is 6. The molecule has 0 N–H and O–H groups in total. The molecule has 1 nitrogen and oxygen atoms in total. The normalized spacial score (nSPS) is 16.1. The van der Waals surface area contributed by atoms with Crippen molar-refractivity contribution in [2.75, 3.05) is 6.54 Å². The van der Waals surface area contributed by atoms with Crippen LogP contribution in [0.1, 0.15) is 11.1 Å². The average Bonchev–Trinajstić information content (AvgIpc) is 3.42. The molecule has 0 unspecified atom stereocenters. The van der Waals surface area contributed by atoms with Gasteiger partial charge in [-0.25, -0.2) is 0 Å². The maximum Gasteiger partial charge on any atom is 0.0243 e. The predicted octanol–water partition coefficient (Wildman–Crippen LogP) is 8.84. The summed E-state index contributed by atoms with van der Waals surface area (Å²) in [5.41, 5.74) is 7.08. The Balaban J connectivity index is 1.20. The molecule has 6 aromatic carbocycles. The highest BCUT2D eigenvalue weighted by atomic mass is 31.1. The highest BCUT2D eigenvalue weighted by molar-refractivity contribution is 7.76. The third kappa shape index (κ3) is 4.66. The molecular weight excluding hydrogens is 525 g/mol. The fourth-order valence-corrected chi connectivity index (χ4v) is 9.22. The molecule has 1 saturated carbocycles. The molecule has 2 heteroatoms. The Labute approximate surface area is 250 Å². The molecule has 0 bridgehead atoms. The van der Waals surface area contributed by atoms with Crippen molar-refractivity contribution in [3.63, 3.8) is 0 Å². The van der Waals surface area contributed by atoms with E-state index in [4.69, 9.17) is 0 Å². The number of rotatable bonds is 5. The van der Waals surface area contributed by atoms with Gasteiger partial charge in [0, 0.05) is 31.2 Å². The monoisotopic (exact) mass is 556 g/mol. The molecule has 1 aliphatic heterocycles. The summed E-state index contributed by atoms with van der Waals surface area (Å²) in [4.78, 5) is 2.65. The van der Waals surface area contributed by atoms with Crippen LogP contribution in [0.2, 0.25) is 0 Å². The molecular formula is C40H31NP. The molecule has 1 aliphatic carbocycles. The molecule has 1 fully saturated rings. The van der Waals surface area contributed by atoms with E-state index in [2.05, 4.69) is 158 Å². The Morgan fingerprint density at radius 3 is 1.55 bits per heavy atom. The number of nitrogens with zero attached hydrogens (tertiary/aromatic N) is 1. The van der Waals surface area contributed by atoms with Crippen LogP contribution in [-0.4, -0.2) is 11.4 Å². The zero-order valence-corrected chi connectivity index (χ0v) is 24.3. The Kier molecular flexibility index (Phi) is 6.87. The summed E-state index contributed by atoms with van der Waals surface area (Å²) in [6, 6.07) is 49.2. The second kappa shape index (κ2) is 11.1. The van der Waals surface area contributed by atoms with Crippen molar-refractivity contribution in [2.45, 2.75) is 13.1 Å². The second-order valence-corrected chi connectivity index (χ2v) is 13.4. The minimum absolute atomic E-state index is 0.642. The van der Waals surface area contributed by atoms with Gasteiger partial charge in [0.15, 0.2) is 0 Å². The van der Waals surface area contributed by atoms with Gasteiger partial charge in [-0.3, -0.25) is 4.90 Å². The van der Waals surface area contributed by atoms with Gasteiger partial charge in [0.05, 0.1) is 0 Å². The van der Waals surface area contributed by atoms with Crippen molar-refractivity contribution in [2.24, 2.45) is 0 Å². The van der Waals surface area contributed by atoms with Gasteiger partial charge in [-0.15, -0.1) is 0 Å². The SMILES string of the molecule is [CH]1[CH][C](CN2Cc3ccc4ccccc4c3-c3c(ccc4ccccc34)C2)[C](P(c2ccccc2)c2ccccc2)[CH]1. The van der Waals surface area contributed by atoms with Crippen LogP contribution in [0.15, 0.2) is 133 Å². The van der Waals surface area contributed by atoms with Gasteiger partial charge in [0.25, 0.3) is 0 Å². The van der Waals surface area contributed by atoms with E-state index in [1.165, 1.54) is 66.0 Å². The van der Waals surface area contributed by atoms with E-state index in [1.54, 1.807) is 0 Å². The fraction of sp³-hybridized carbons (Fsp3) is 0.0750. The van der Waals surface area contributed by atoms with Crippen LogP contribution in [0, 0.1) is 30.8 Å². The van der Waals surface area contributed by atoms with Crippen LogP contribution in [-0.2, 0) is 13.1 Å². The summed E-state index contributed by atoms with van der Waals surface area (Å²) in [6.45, 7) is 2.75. The summed E-state index contributed by atoms with van der Waals surface area (Å²) >= 11 is 0. The lowest BCUT2D eigenvalue weighted by molar-refractivity contribution is 0.274. The van der Waals surface area contributed by atoms with Crippen LogP contribution < -0.4 is 10.6 Å². The minimum atomic E-state index is -0.642. The Morgan fingerprint density at radius 1 is 0.500 bits per heavy atom. The first kappa shape index (κ1) is 25.9. The van der Waals surface area contributed by atoms with Crippen LogP contribution in [0.3, 0.4) is 0 Å². The maximum absolute atomic E-state index is 2.65. The first-order valence-electron chi connectivity index (χ1n) is 14.7. The van der Waals surface area contributed by atoms with Gasteiger partial charge in [0.1, 0.15) is 0 Å². The van der Waals surface area contributed by atoms with Gasteiger partial charge >= 0.3 is 0 Å². The fourth-order valence-electron chi connectivity index (χ4n) is 6.76. The van der Waals surface area contributed by atoms with E-state index >= 15 is 0 Å². The lowest BCUT2D eigenvalue weighted by Crippen LogP contribution is -2.30. The van der Waals surface area contributed by atoms with E-state index in [0.29, 0.717) is 0 Å². The second-order valence-electron chi connectivity index (χ2n) is 11.2. The zero-order valence-electron chi connectivity index (χ0n) is 23.4. The average molecular weight is 557 g/mol. The Morgan fingerprint density at radius 2 is 1.00 bits per heavy atom. The van der Waals surface area contributed by atoms with E-state index in [9.17, 15) is 0 Å². The van der Waals surface area contributed by atoms with Crippen molar-refractivity contribution in [1.29, 1.82) is 0 Å². The molecule has 0 amide bonds. The van der Waals surface area contributed by atoms with Gasteiger partial charge in [-0.05, 0) is 81.6 Å². The topological polar surface area (TPSA) is 3.24 Å². The smallest absolute Gasteiger partial charge is 0.0243 e. The summed E-state index contributed by atoms with van der Waals surface area (Å²) in [5.74, 6) is 1.43. The molecule has 8 rings (SSSR count). The van der Waals surface area contributed by atoms with Gasteiger partial charge < -0.3 is 0 Å². The zero-order chi connectivity index (χ0) is 27.9. The van der Waals surface area contributed by atoms with Gasteiger partial charge in [-0.1, -0.05) is 133 Å². The summed E-state index contributed by atoms with van der Waals surface area (Å²) in [5, 5.41) is 8.10. The van der Waals surface area contributed by atoms with Crippen molar-refractivity contribution in [3.8, 4) is 11.1 Å². The molecule has 5 radical (unpaired) electrons. The third-order valence-corrected chi connectivity index (χ3v) is 11.2. The molecule has 0 saturated heterocycles. The highest BCUT2D eigenvalue weighted by Crippen LogP contribution is 2.56. The number of hydrogen-bond donors (Lipinski definition) is 0. The summed E-state index contributed by atoms with van der Waals surface area (Å²) in [6.07, 6.45) is 6.97. The largest absolute Gasteiger partial charge is 0.294 e. The van der Waals surface area contributed by atoms with Gasteiger partial charge in [0.2, 0.25) is 0 Å². The molecule has 201 valence electrons. The van der Waals surface area contributed by atoms with E-state index in [0.717, 1.165) is 19.6 Å². The molecule has 6 aromatic rings. The lowest BCUT2D eigenvalue weighted by atomic mass is 9.88. The summed E-state index contributed by atoms with van der Waals surface area (Å²) < 4.78 is 0. The standard InChI is InChI=1S/C40H31NP/c1-3-15-34(16-4-1)42(35-17-5-2-6-18-35)38-21-11-14-31(38)26-41-27-32-24-22-29-12-7-9-19-36(29)39(32)40-33(28-41)25-23-30-13-8-10-20-37(30)40/h1-25H,26-28H2. The van der Waals surface area contributed by atoms with Crippen molar-refractivity contribution >= 4 is 40.1 Å². The molecule has 2 aliphatic rings. The van der Waals surface area contributed by atoms with E-state index in [1.807, 2.05) is 0 Å². The van der Waals surface area contributed by atoms with E-state index in [-0.39, 0.29) is 0 Å². The van der Waals surface area contributed by atoms with Gasteiger partial charge in [-0.2, -0.15) is 0 Å². The quantitative estimate of drug-likeness (QED) is 0.192. The Bertz CT molecular complexity index is 1740. The first-order valence-corrected chi connectivity index (χ1v) is 16.1. The molecule has 42 heavy (non-hydrogen) atoms. The van der Waals surface area contributed by atoms with E-state index < -0.39 is 7.92 Å². The first-order chi connectivity index (χ1) is 20.8. The van der Waals surface area contributed by atoms with Crippen LogP contribution in [0.25, 0.3) is 32.7 Å². The Hall–Kier alpha value is -3.77. The van der Waals surface area contributed by atoms with Crippen LogP contribution in [0.5, 0.6) is 0 Å². The highest BCUT2D eigenvalue weighted by Gasteiger charge is 2.38.